The molecule has 2 heterocycles. The molecular weight excluding hydrogens is 384 g/mol. The minimum Gasteiger partial charge on any atom is -0.338 e. The fraction of sp³-hybridized carbons (Fsp3) is 0.611. The second-order valence-corrected chi connectivity index (χ2v) is 9.55. The number of likely N-dealkylation sites (tertiary alicyclic amines) is 1. The van der Waals surface area contributed by atoms with Gasteiger partial charge in [0.2, 0.25) is 10.0 Å². The van der Waals surface area contributed by atoms with Gasteiger partial charge in [-0.15, -0.1) is 0 Å². The van der Waals surface area contributed by atoms with E-state index in [-0.39, 0.29) is 23.9 Å². The largest absolute Gasteiger partial charge is 0.338 e. The number of nitro groups is 1. The number of rotatable bonds is 5. The van der Waals surface area contributed by atoms with Gasteiger partial charge in [0.1, 0.15) is 0 Å². The van der Waals surface area contributed by atoms with Crippen molar-refractivity contribution in [1.82, 2.24) is 9.21 Å². The van der Waals surface area contributed by atoms with Gasteiger partial charge in [0, 0.05) is 19.2 Å². The van der Waals surface area contributed by atoms with E-state index in [1.54, 1.807) is 0 Å². The maximum Gasteiger partial charge on any atom is 0.289 e. The molecule has 2 fully saturated rings. The summed E-state index contributed by atoms with van der Waals surface area (Å²) in [7, 11) is -3.93. The molecule has 2 saturated heterocycles. The maximum atomic E-state index is 12.9. The Bertz CT molecular complexity index is 836. The lowest BCUT2D eigenvalue weighted by atomic mass is 10.0. The minimum atomic E-state index is -3.93. The summed E-state index contributed by atoms with van der Waals surface area (Å²) < 4.78 is 27.0. The minimum absolute atomic E-state index is 0.122. The number of benzene rings is 1. The molecule has 0 spiro atoms. The smallest absolute Gasteiger partial charge is 0.289 e. The van der Waals surface area contributed by atoms with E-state index in [1.165, 1.54) is 28.6 Å². The molecule has 0 aromatic heterocycles. The monoisotopic (exact) mass is 411 g/mol. The molecule has 10 heteroatoms. The molecule has 0 saturated carbocycles. The van der Waals surface area contributed by atoms with Crippen LogP contribution in [-0.2, 0) is 14.8 Å². The zero-order chi connectivity index (χ0) is 20.3. The number of hydrogen-bond acceptors (Lipinski definition) is 5. The van der Waals surface area contributed by atoms with Gasteiger partial charge in [-0.2, -0.15) is 4.31 Å². The fourth-order valence-corrected chi connectivity index (χ4v) is 5.53. The van der Waals surface area contributed by atoms with E-state index in [4.69, 9.17) is 0 Å². The van der Waals surface area contributed by atoms with Gasteiger partial charge >= 0.3 is 0 Å². The number of carbonyl (C=O) groups excluding carboxylic acids is 1. The number of nitrogens with zero attached hydrogens (tertiary/aromatic N) is 3. The molecule has 1 aromatic carbocycles. The number of para-hydroxylation sites is 1. The van der Waals surface area contributed by atoms with Crippen LogP contribution in [0.5, 0.6) is 0 Å². The van der Waals surface area contributed by atoms with Gasteiger partial charge in [0.25, 0.3) is 11.6 Å². The van der Waals surface area contributed by atoms with Gasteiger partial charge in [0.05, 0.1) is 31.1 Å². The Hall–Kier alpha value is -2.04. The number of hydrogen-bond donors (Lipinski definition) is 1. The zero-order valence-corrected chi connectivity index (χ0v) is 16.9. The van der Waals surface area contributed by atoms with E-state index >= 15 is 0 Å². The predicted octanol–water partition coefficient (Wildman–Crippen LogP) is -0.257. The van der Waals surface area contributed by atoms with Crippen LogP contribution >= 0.6 is 0 Å². The van der Waals surface area contributed by atoms with Crippen molar-refractivity contribution in [2.45, 2.75) is 24.7 Å². The number of sulfonamides is 1. The number of quaternary nitrogens is 1. The van der Waals surface area contributed by atoms with Crippen molar-refractivity contribution in [3.8, 4) is 0 Å². The second-order valence-electron chi connectivity index (χ2n) is 7.64. The summed E-state index contributed by atoms with van der Waals surface area (Å²) in [6.45, 7) is 5.62. The van der Waals surface area contributed by atoms with Gasteiger partial charge < -0.3 is 9.80 Å². The van der Waals surface area contributed by atoms with Crippen LogP contribution in [0.25, 0.3) is 0 Å². The number of carbonyl (C=O) groups is 1. The van der Waals surface area contributed by atoms with Crippen LogP contribution in [0.4, 0.5) is 5.69 Å². The summed E-state index contributed by atoms with van der Waals surface area (Å²) in [6.07, 6.45) is 2.18. The van der Waals surface area contributed by atoms with Gasteiger partial charge in [-0.1, -0.05) is 19.1 Å². The second kappa shape index (κ2) is 8.54. The first-order valence-electron chi connectivity index (χ1n) is 9.64. The highest BCUT2D eigenvalue weighted by atomic mass is 32.2. The molecule has 1 atom stereocenters. The van der Waals surface area contributed by atoms with Crippen LogP contribution in [0.1, 0.15) is 19.8 Å². The Balaban J connectivity index is 1.60. The fourth-order valence-electron chi connectivity index (χ4n) is 3.93. The van der Waals surface area contributed by atoms with E-state index in [2.05, 4.69) is 6.92 Å². The normalized spacial score (nSPS) is 22.2. The molecule has 2 aliphatic rings. The van der Waals surface area contributed by atoms with Gasteiger partial charge in [0.15, 0.2) is 11.4 Å². The first-order chi connectivity index (χ1) is 13.3. The maximum absolute atomic E-state index is 12.9. The van der Waals surface area contributed by atoms with Crippen molar-refractivity contribution in [2.75, 3.05) is 45.8 Å². The molecule has 28 heavy (non-hydrogen) atoms. The number of piperidine rings is 1. The lowest BCUT2D eigenvalue weighted by Crippen LogP contribution is -3.15. The molecule has 154 valence electrons. The SMILES string of the molecule is C[C@H]1CCCN(C(=O)C[NH+]2CCN(S(=O)(=O)c3ccccc3[N+](=O)[O-])CC2)C1. The van der Waals surface area contributed by atoms with Crippen molar-refractivity contribution in [2.24, 2.45) is 5.92 Å². The summed E-state index contributed by atoms with van der Waals surface area (Å²) in [5, 5.41) is 11.2. The molecule has 1 aromatic rings. The van der Waals surface area contributed by atoms with Crippen LogP contribution in [0.3, 0.4) is 0 Å². The Morgan fingerprint density at radius 1 is 1.25 bits per heavy atom. The topological polar surface area (TPSA) is 105 Å². The molecule has 1 amide bonds. The van der Waals surface area contributed by atoms with Crippen molar-refractivity contribution >= 4 is 21.6 Å². The molecule has 0 radical (unpaired) electrons. The zero-order valence-electron chi connectivity index (χ0n) is 16.0. The highest BCUT2D eigenvalue weighted by Crippen LogP contribution is 2.26. The first-order valence-corrected chi connectivity index (χ1v) is 11.1. The van der Waals surface area contributed by atoms with Gasteiger partial charge in [-0.25, -0.2) is 8.42 Å². The summed E-state index contributed by atoms with van der Waals surface area (Å²) in [6, 6.07) is 5.41. The quantitative estimate of drug-likeness (QED) is 0.531. The lowest BCUT2D eigenvalue weighted by Gasteiger charge is -2.34. The van der Waals surface area contributed by atoms with Crippen LogP contribution in [0.2, 0.25) is 0 Å². The van der Waals surface area contributed by atoms with E-state index < -0.39 is 20.6 Å². The number of piperazine rings is 1. The average molecular weight is 412 g/mol. The summed E-state index contributed by atoms with van der Waals surface area (Å²) in [5.74, 6) is 0.646. The van der Waals surface area contributed by atoms with E-state index in [0.717, 1.165) is 30.8 Å². The van der Waals surface area contributed by atoms with Crippen LogP contribution in [0.15, 0.2) is 29.2 Å². The third kappa shape index (κ3) is 4.50. The average Bonchev–Trinajstić information content (AvgIpc) is 2.68. The van der Waals surface area contributed by atoms with E-state index in [9.17, 15) is 23.3 Å². The molecular formula is C18H27N4O5S+. The lowest BCUT2D eigenvalue weighted by molar-refractivity contribution is -0.896. The third-order valence-electron chi connectivity index (χ3n) is 5.52. The highest BCUT2D eigenvalue weighted by Gasteiger charge is 2.35. The Morgan fingerprint density at radius 2 is 1.93 bits per heavy atom. The van der Waals surface area contributed by atoms with Crippen molar-refractivity contribution in [3.63, 3.8) is 0 Å². The summed E-state index contributed by atoms with van der Waals surface area (Å²) in [4.78, 5) is 25.7. The van der Waals surface area contributed by atoms with E-state index in [0.29, 0.717) is 25.6 Å². The molecule has 2 aliphatic heterocycles. The van der Waals surface area contributed by atoms with Crippen LogP contribution in [0, 0.1) is 16.0 Å². The van der Waals surface area contributed by atoms with Gasteiger partial charge in [-0.05, 0) is 24.8 Å². The molecule has 3 rings (SSSR count). The van der Waals surface area contributed by atoms with Crippen LogP contribution in [-0.4, -0.2) is 74.3 Å². The van der Waals surface area contributed by atoms with Crippen LogP contribution < -0.4 is 4.90 Å². The predicted molar refractivity (Wildman–Crippen MR) is 102 cm³/mol. The Labute approximate surface area is 165 Å². The number of nitro benzene ring substituents is 1. The molecule has 1 N–H and O–H groups in total. The molecule has 0 unspecified atom stereocenters. The highest BCUT2D eigenvalue weighted by molar-refractivity contribution is 7.89. The van der Waals surface area contributed by atoms with E-state index in [1.807, 2.05) is 4.90 Å². The Kier molecular flexibility index (Phi) is 6.31. The third-order valence-corrected chi connectivity index (χ3v) is 7.47. The van der Waals surface area contributed by atoms with Crippen molar-refractivity contribution in [3.05, 3.63) is 34.4 Å². The molecule has 0 bridgehead atoms. The van der Waals surface area contributed by atoms with Gasteiger partial charge in [-0.3, -0.25) is 14.9 Å². The summed E-state index contributed by atoms with van der Waals surface area (Å²) >= 11 is 0. The Morgan fingerprint density at radius 3 is 2.57 bits per heavy atom. The van der Waals surface area contributed by atoms with Crippen molar-refractivity contribution < 1.29 is 23.0 Å². The summed E-state index contributed by atoms with van der Waals surface area (Å²) in [5.41, 5.74) is -0.410. The van der Waals surface area contributed by atoms with Crippen molar-refractivity contribution in [1.29, 1.82) is 0 Å². The molecule has 9 nitrogen and oxygen atoms in total. The molecule has 0 aliphatic carbocycles. The number of amides is 1. The number of nitrogens with one attached hydrogen (secondary N) is 1. The first kappa shape index (κ1) is 20.7. The standard InChI is InChI=1S/C18H26N4O5S/c1-15-5-4-8-20(13-15)18(23)14-19-9-11-21(12-10-19)28(26,27)17-7-3-2-6-16(17)22(24)25/h2-3,6-7,15H,4-5,8-14H2,1H3/p+1/t15-/m0/s1.